The van der Waals surface area contributed by atoms with E-state index in [1.54, 1.807) is 6.07 Å². The molecule has 0 unspecified atom stereocenters. The number of benzene rings is 2. The van der Waals surface area contributed by atoms with E-state index in [0.717, 1.165) is 22.7 Å². The Balaban J connectivity index is 1.52. The molecule has 3 aromatic rings. The van der Waals surface area contributed by atoms with Crippen molar-refractivity contribution >= 4 is 30.8 Å². The lowest BCUT2D eigenvalue weighted by molar-refractivity contribution is 0.320. The highest BCUT2D eigenvalue weighted by atomic mass is 32.2. The van der Waals surface area contributed by atoms with E-state index in [9.17, 15) is 21.2 Å². The van der Waals surface area contributed by atoms with Gasteiger partial charge < -0.3 is 4.98 Å². The van der Waals surface area contributed by atoms with Crippen LogP contribution in [0.3, 0.4) is 0 Å². The number of piperidine rings is 1. The van der Waals surface area contributed by atoms with Crippen LogP contribution in [0.2, 0.25) is 0 Å². The highest BCUT2D eigenvalue weighted by Gasteiger charge is 2.31. The summed E-state index contributed by atoms with van der Waals surface area (Å²) in [6, 6.07) is 9.92. The van der Waals surface area contributed by atoms with Gasteiger partial charge in [0.15, 0.2) is 9.84 Å². The molecule has 1 aromatic heterocycles. The van der Waals surface area contributed by atoms with E-state index in [1.165, 1.54) is 40.7 Å². The van der Waals surface area contributed by atoms with Crippen molar-refractivity contribution in [2.24, 2.45) is 0 Å². The summed E-state index contributed by atoms with van der Waals surface area (Å²) in [7, 11) is -7.08. The molecule has 29 heavy (non-hydrogen) atoms. The van der Waals surface area contributed by atoms with E-state index >= 15 is 0 Å². The van der Waals surface area contributed by atoms with Gasteiger partial charge in [-0.1, -0.05) is 0 Å². The maximum Gasteiger partial charge on any atom is 0.243 e. The van der Waals surface area contributed by atoms with E-state index in [4.69, 9.17) is 0 Å². The van der Waals surface area contributed by atoms with Gasteiger partial charge in [0.1, 0.15) is 5.82 Å². The van der Waals surface area contributed by atoms with Gasteiger partial charge in [-0.3, -0.25) is 0 Å². The molecule has 0 spiro atoms. The Bertz CT molecular complexity index is 1260. The molecule has 4 rings (SSSR count). The second-order valence-electron chi connectivity index (χ2n) is 7.36. The van der Waals surface area contributed by atoms with Crippen LogP contribution in [0.25, 0.3) is 10.9 Å². The Morgan fingerprint density at radius 1 is 0.966 bits per heavy atom. The maximum absolute atomic E-state index is 13.6. The van der Waals surface area contributed by atoms with Crippen LogP contribution in [-0.2, 0) is 19.9 Å². The molecule has 6 nitrogen and oxygen atoms in total. The lowest BCUT2D eigenvalue weighted by Crippen LogP contribution is -2.37. The Labute approximate surface area is 169 Å². The molecule has 0 aliphatic carbocycles. The van der Waals surface area contributed by atoms with Gasteiger partial charge in [0.2, 0.25) is 10.0 Å². The minimum absolute atomic E-state index is 0.0810. The molecule has 1 aliphatic rings. The second kappa shape index (κ2) is 7.23. The van der Waals surface area contributed by atoms with Crippen LogP contribution in [0.15, 0.2) is 58.5 Å². The van der Waals surface area contributed by atoms with Crippen LogP contribution in [0.4, 0.5) is 4.39 Å². The molecule has 1 aliphatic heterocycles. The monoisotopic (exact) mass is 436 g/mol. The number of rotatable bonds is 4. The third-order valence-electron chi connectivity index (χ3n) is 5.46. The first-order chi connectivity index (χ1) is 13.7. The molecule has 0 atom stereocenters. The molecule has 1 saturated heterocycles. The summed E-state index contributed by atoms with van der Waals surface area (Å²) in [5.74, 6) is -0.152. The number of nitrogens with zero attached hydrogens (tertiary/aromatic N) is 1. The van der Waals surface area contributed by atoms with E-state index in [1.807, 2.05) is 6.20 Å². The summed E-state index contributed by atoms with van der Waals surface area (Å²) in [4.78, 5) is 3.32. The summed E-state index contributed by atoms with van der Waals surface area (Å²) in [6.07, 6.45) is 4.22. The van der Waals surface area contributed by atoms with Crippen LogP contribution in [0.1, 0.15) is 24.3 Å². The van der Waals surface area contributed by atoms with Gasteiger partial charge in [0, 0.05) is 36.4 Å². The molecule has 2 heterocycles. The predicted molar refractivity (Wildman–Crippen MR) is 109 cm³/mol. The van der Waals surface area contributed by atoms with Gasteiger partial charge in [-0.25, -0.2) is 21.2 Å². The molecule has 154 valence electrons. The first kappa shape index (κ1) is 20.1. The second-order valence-corrected chi connectivity index (χ2v) is 11.3. The molecule has 0 bridgehead atoms. The van der Waals surface area contributed by atoms with Crippen LogP contribution >= 0.6 is 0 Å². The Morgan fingerprint density at radius 3 is 2.21 bits per heavy atom. The van der Waals surface area contributed by atoms with Gasteiger partial charge in [-0.05, 0) is 66.8 Å². The number of sulfone groups is 1. The number of aromatic nitrogens is 1. The Morgan fingerprint density at radius 2 is 1.59 bits per heavy atom. The van der Waals surface area contributed by atoms with E-state index in [0.29, 0.717) is 25.9 Å². The summed E-state index contributed by atoms with van der Waals surface area (Å²) in [6.45, 7) is 0.700. The predicted octanol–water partition coefficient (Wildman–Crippen LogP) is 3.28. The molecule has 9 heteroatoms. The summed E-state index contributed by atoms with van der Waals surface area (Å²) in [5, 5.41) is 0.836. The number of aromatic amines is 1. The minimum atomic E-state index is -3.70. The minimum Gasteiger partial charge on any atom is -0.361 e. The summed E-state index contributed by atoms with van der Waals surface area (Å²) >= 11 is 0. The smallest absolute Gasteiger partial charge is 0.243 e. The van der Waals surface area contributed by atoms with Crippen molar-refractivity contribution in [1.29, 1.82) is 0 Å². The largest absolute Gasteiger partial charge is 0.361 e. The first-order valence-electron chi connectivity index (χ1n) is 9.23. The Kier molecular flexibility index (Phi) is 5.00. The van der Waals surface area contributed by atoms with Crippen molar-refractivity contribution in [1.82, 2.24) is 9.29 Å². The third-order valence-corrected chi connectivity index (χ3v) is 8.50. The van der Waals surface area contributed by atoms with Crippen molar-refractivity contribution in [2.75, 3.05) is 19.3 Å². The average molecular weight is 437 g/mol. The van der Waals surface area contributed by atoms with Crippen molar-refractivity contribution in [3.63, 3.8) is 0 Å². The first-order valence-corrected chi connectivity index (χ1v) is 12.6. The Hall–Kier alpha value is -2.23. The summed E-state index contributed by atoms with van der Waals surface area (Å²) < 4.78 is 64.0. The number of fused-ring (bicyclic) bond motifs is 1. The lowest BCUT2D eigenvalue weighted by atomic mass is 9.90. The topological polar surface area (TPSA) is 87.3 Å². The zero-order chi connectivity index (χ0) is 20.8. The molecule has 0 radical (unpaired) electrons. The zero-order valence-corrected chi connectivity index (χ0v) is 17.4. The lowest BCUT2D eigenvalue weighted by Gasteiger charge is -2.31. The average Bonchev–Trinajstić information content (AvgIpc) is 3.10. The molecular weight excluding hydrogens is 415 g/mol. The maximum atomic E-state index is 13.6. The summed E-state index contributed by atoms with van der Waals surface area (Å²) in [5.41, 5.74) is 1.87. The molecule has 1 fully saturated rings. The van der Waals surface area contributed by atoms with Crippen molar-refractivity contribution in [3.8, 4) is 0 Å². The van der Waals surface area contributed by atoms with Crippen LogP contribution in [0.5, 0.6) is 0 Å². The van der Waals surface area contributed by atoms with Crippen LogP contribution < -0.4 is 0 Å². The molecular formula is C20H21FN2O4S2. The zero-order valence-electron chi connectivity index (χ0n) is 15.8. The molecule has 2 aromatic carbocycles. The number of H-pyrrole nitrogens is 1. The van der Waals surface area contributed by atoms with Crippen molar-refractivity contribution in [3.05, 3.63) is 60.0 Å². The van der Waals surface area contributed by atoms with Gasteiger partial charge >= 0.3 is 0 Å². The number of halogens is 1. The molecule has 1 N–H and O–H groups in total. The number of hydrogen-bond acceptors (Lipinski definition) is 4. The van der Waals surface area contributed by atoms with Crippen molar-refractivity contribution in [2.45, 2.75) is 28.6 Å². The van der Waals surface area contributed by atoms with Gasteiger partial charge in [-0.15, -0.1) is 0 Å². The van der Waals surface area contributed by atoms with E-state index in [-0.39, 0.29) is 21.5 Å². The third kappa shape index (κ3) is 3.82. The van der Waals surface area contributed by atoms with Gasteiger partial charge in [0.05, 0.1) is 9.79 Å². The van der Waals surface area contributed by atoms with Crippen LogP contribution in [0, 0.1) is 5.82 Å². The normalized spacial score (nSPS) is 17.0. The molecule has 0 amide bonds. The number of sulfonamides is 1. The van der Waals surface area contributed by atoms with Gasteiger partial charge in [0.25, 0.3) is 0 Å². The highest BCUT2D eigenvalue weighted by Crippen LogP contribution is 2.35. The fraction of sp³-hybridized carbons (Fsp3) is 0.300. The fourth-order valence-corrected chi connectivity index (χ4v) is 5.97. The van der Waals surface area contributed by atoms with E-state index in [2.05, 4.69) is 4.98 Å². The molecule has 0 saturated carbocycles. The number of nitrogens with one attached hydrogen (secondary N) is 1. The van der Waals surface area contributed by atoms with Crippen LogP contribution in [-0.4, -0.2) is 45.5 Å². The van der Waals surface area contributed by atoms with Gasteiger partial charge in [-0.2, -0.15) is 4.31 Å². The fourth-order valence-electron chi connectivity index (χ4n) is 3.87. The highest BCUT2D eigenvalue weighted by molar-refractivity contribution is 7.90. The van der Waals surface area contributed by atoms with E-state index < -0.39 is 19.9 Å². The number of hydrogen-bond donors (Lipinski definition) is 1. The SMILES string of the molecule is CS(=O)(=O)c1ccc(S(=O)(=O)N2CCC(c3c[nH]c4ccc(F)cc34)CC2)cc1. The standard InChI is InChI=1S/C20H21FN2O4S2/c1-28(24,25)16-3-5-17(6-4-16)29(26,27)23-10-8-14(9-11-23)19-13-22-20-7-2-15(21)12-18(19)20/h2-7,12-14,22H,8-11H2,1H3. The van der Waals surface area contributed by atoms with Crippen molar-refractivity contribution < 1.29 is 21.2 Å². The quantitative estimate of drug-likeness (QED) is 0.680.